The van der Waals surface area contributed by atoms with E-state index in [0.29, 0.717) is 17.2 Å². The lowest BCUT2D eigenvalue weighted by atomic mass is 10.1. The number of nitrogens with one attached hydrogen (secondary N) is 1. The molecule has 9 heteroatoms. The minimum absolute atomic E-state index is 0.0961. The van der Waals surface area contributed by atoms with Gasteiger partial charge in [-0.1, -0.05) is 18.2 Å². The van der Waals surface area contributed by atoms with Crippen LogP contribution in [0.25, 0.3) is 0 Å². The number of amides is 1. The van der Waals surface area contributed by atoms with Crippen molar-refractivity contribution in [3.8, 4) is 17.2 Å². The first-order valence-electron chi connectivity index (χ1n) is 11.6. The van der Waals surface area contributed by atoms with Crippen molar-refractivity contribution < 1.29 is 27.4 Å². The number of ether oxygens (including phenoxy) is 3. The van der Waals surface area contributed by atoms with Crippen molar-refractivity contribution >= 4 is 21.6 Å². The van der Waals surface area contributed by atoms with Gasteiger partial charge in [0.2, 0.25) is 0 Å². The van der Waals surface area contributed by atoms with Crippen molar-refractivity contribution in [3.05, 3.63) is 77.4 Å². The van der Waals surface area contributed by atoms with E-state index < -0.39 is 22.0 Å². The third-order valence-corrected chi connectivity index (χ3v) is 7.72. The molecule has 0 spiro atoms. The molecule has 3 aromatic carbocycles. The lowest BCUT2D eigenvalue weighted by molar-refractivity contribution is -0.127. The van der Waals surface area contributed by atoms with Crippen molar-refractivity contribution in [1.29, 1.82) is 0 Å². The molecule has 0 aromatic heterocycles. The Morgan fingerprint density at radius 3 is 2.44 bits per heavy atom. The first kappa shape index (κ1) is 25.4. The molecule has 190 valence electrons. The summed E-state index contributed by atoms with van der Waals surface area (Å²) in [5.41, 5.74) is 3.36. The van der Waals surface area contributed by atoms with Gasteiger partial charge >= 0.3 is 0 Å². The second kappa shape index (κ2) is 10.5. The zero-order valence-corrected chi connectivity index (χ0v) is 21.6. The Morgan fingerprint density at radius 1 is 1.03 bits per heavy atom. The van der Waals surface area contributed by atoms with Gasteiger partial charge in [0.25, 0.3) is 15.9 Å². The largest absolute Gasteiger partial charge is 0.497 e. The summed E-state index contributed by atoms with van der Waals surface area (Å²) < 4.78 is 45.3. The monoisotopic (exact) mass is 510 g/mol. The predicted octanol–water partition coefficient (Wildman–Crippen LogP) is 3.77. The number of aryl methyl sites for hydroxylation is 3. The van der Waals surface area contributed by atoms with E-state index in [4.69, 9.17) is 14.2 Å². The van der Waals surface area contributed by atoms with E-state index in [1.54, 1.807) is 24.3 Å². The third kappa shape index (κ3) is 5.41. The quantitative estimate of drug-likeness (QED) is 0.464. The van der Waals surface area contributed by atoms with Crippen LogP contribution in [-0.4, -0.2) is 47.2 Å². The zero-order chi connectivity index (χ0) is 25.9. The van der Waals surface area contributed by atoms with Gasteiger partial charge in [0, 0.05) is 0 Å². The van der Waals surface area contributed by atoms with Crippen LogP contribution in [-0.2, 0) is 14.8 Å². The maximum Gasteiger partial charge on any atom is 0.264 e. The summed E-state index contributed by atoms with van der Waals surface area (Å²) in [7, 11) is -2.45. The SMILES string of the molecule is COc1ccc(S(=O)(=O)N2C[C@H](C(=O)NCCOc3cc(C)ccc3C)Oc3ccc(C)cc32)cc1. The average molecular weight is 511 g/mol. The van der Waals surface area contributed by atoms with Crippen LogP contribution < -0.4 is 23.8 Å². The van der Waals surface area contributed by atoms with Crippen LogP contribution in [0.4, 0.5) is 5.69 Å². The van der Waals surface area contributed by atoms with Gasteiger partial charge in [0.15, 0.2) is 6.10 Å². The molecule has 1 aliphatic rings. The van der Waals surface area contributed by atoms with Gasteiger partial charge in [-0.15, -0.1) is 0 Å². The molecule has 1 atom stereocenters. The van der Waals surface area contributed by atoms with Crippen molar-refractivity contribution in [2.75, 3.05) is 31.1 Å². The number of nitrogens with zero attached hydrogens (tertiary/aromatic N) is 1. The Kier molecular flexibility index (Phi) is 7.40. The maximum absolute atomic E-state index is 13.6. The van der Waals surface area contributed by atoms with Crippen LogP contribution in [0.1, 0.15) is 16.7 Å². The first-order chi connectivity index (χ1) is 17.2. The molecular formula is C27H30N2O6S. The molecule has 4 rings (SSSR count). The normalized spacial score (nSPS) is 15.0. The summed E-state index contributed by atoms with van der Waals surface area (Å²) in [6.45, 7) is 6.17. The summed E-state index contributed by atoms with van der Waals surface area (Å²) in [5.74, 6) is 1.23. The lowest BCUT2D eigenvalue weighted by Crippen LogP contribution is -2.51. The summed E-state index contributed by atoms with van der Waals surface area (Å²) in [6.07, 6.45) is -1.02. The van der Waals surface area contributed by atoms with E-state index in [1.807, 2.05) is 45.0 Å². The predicted molar refractivity (Wildman–Crippen MR) is 138 cm³/mol. The highest BCUT2D eigenvalue weighted by atomic mass is 32.2. The van der Waals surface area contributed by atoms with Gasteiger partial charge in [-0.2, -0.15) is 0 Å². The third-order valence-electron chi connectivity index (χ3n) is 5.93. The minimum Gasteiger partial charge on any atom is -0.497 e. The molecule has 0 saturated heterocycles. The Labute approximate surface area is 211 Å². The van der Waals surface area contributed by atoms with Gasteiger partial charge in [0.05, 0.1) is 30.8 Å². The molecule has 0 saturated carbocycles. The number of anilines is 1. The van der Waals surface area contributed by atoms with E-state index in [1.165, 1.54) is 23.5 Å². The first-order valence-corrected chi connectivity index (χ1v) is 13.0. The Balaban J connectivity index is 1.49. The van der Waals surface area contributed by atoms with Crippen molar-refractivity contribution in [2.24, 2.45) is 0 Å². The number of methoxy groups -OCH3 is 1. The topological polar surface area (TPSA) is 94.2 Å². The number of benzene rings is 3. The van der Waals surface area contributed by atoms with Gasteiger partial charge in [-0.3, -0.25) is 9.10 Å². The fourth-order valence-electron chi connectivity index (χ4n) is 3.91. The Bertz CT molecular complexity index is 1360. The smallest absolute Gasteiger partial charge is 0.264 e. The fourth-order valence-corrected chi connectivity index (χ4v) is 5.38. The van der Waals surface area contributed by atoms with Crippen LogP contribution in [0.15, 0.2) is 65.6 Å². The van der Waals surface area contributed by atoms with Crippen LogP contribution >= 0.6 is 0 Å². The molecule has 1 aliphatic heterocycles. The number of sulfonamides is 1. The molecule has 1 N–H and O–H groups in total. The Morgan fingerprint density at radius 2 is 1.72 bits per heavy atom. The molecule has 0 bridgehead atoms. The number of fused-ring (bicyclic) bond motifs is 1. The van der Waals surface area contributed by atoms with Crippen LogP contribution in [0.5, 0.6) is 17.2 Å². The molecule has 1 heterocycles. The second-order valence-electron chi connectivity index (χ2n) is 8.70. The van der Waals surface area contributed by atoms with E-state index in [9.17, 15) is 13.2 Å². The van der Waals surface area contributed by atoms with Crippen molar-refractivity contribution in [3.63, 3.8) is 0 Å². The van der Waals surface area contributed by atoms with Crippen LogP contribution in [0.2, 0.25) is 0 Å². The van der Waals surface area contributed by atoms with Gasteiger partial charge in [-0.05, 0) is 79.9 Å². The highest BCUT2D eigenvalue weighted by molar-refractivity contribution is 7.92. The molecule has 0 unspecified atom stereocenters. The molecule has 36 heavy (non-hydrogen) atoms. The summed E-state index contributed by atoms with van der Waals surface area (Å²) in [4.78, 5) is 13.1. The van der Waals surface area contributed by atoms with Crippen molar-refractivity contribution in [1.82, 2.24) is 5.32 Å². The van der Waals surface area contributed by atoms with Gasteiger partial charge < -0.3 is 19.5 Å². The van der Waals surface area contributed by atoms with E-state index in [-0.39, 0.29) is 24.6 Å². The lowest BCUT2D eigenvalue weighted by Gasteiger charge is -2.35. The van der Waals surface area contributed by atoms with Gasteiger partial charge in [0.1, 0.15) is 23.9 Å². The van der Waals surface area contributed by atoms with Crippen LogP contribution in [0.3, 0.4) is 0 Å². The molecule has 8 nitrogen and oxygen atoms in total. The molecule has 0 radical (unpaired) electrons. The number of carbonyl (C=O) groups is 1. The highest BCUT2D eigenvalue weighted by Crippen LogP contribution is 2.38. The van der Waals surface area contributed by atoms with Crippen molar-refractivity contribution in [2.45, 2.75) is 31.8 Å². The number of rotatable bonds is 8. The maximum atomic E-state index is 13.6. The number of hydrogen-bond acceptors (Lipinski definition) is 6. The zero-order valence-electron chi connectivity index (χ0n) is 20.8. The molecule has 1 amide bonds. The Hall–Kier alpha value is -3.72. The van der Waals surface area contributed by atoms with E-state index in [0.717, 1.165) is 22.4 Å². The standard InChI is InChI=1S/C27H30N2O6S/c1-18-6-12-24-23(15-18)29(36(31,32)22-10-8-21(33-4)9-11-22)17-26(35-24)27(30)28-13-14-34-25-16-19(2)5-7-20(25)3/h5-12,15-16,26H,13-14,17H2,1-4H3,(H,28,30)/t26-/m1/s1. The molecular weight excluding hydrogens is 480 g/mol. The fraction of sp³-hybridized carbons (Fsp3) is 0.296. The number of hydrogen-bond donors (Lipinski definition) is 1. The summed E-state index contributed by atoms with van der Waals surface area (Å²) in [6, 6.07) is 17.3. The highest BCUT2D eigenvalue weighted by Gasteiger charge is 2.37. The molecule has 3 aromatic rings. The second-order valence-corrected chi connectivity index (χ2v) is 10.6. The molecule has 0 aliphatic carbocycles. The summed E-state index contributed by atoms with van der Waals surface area (Å²) in [5, 5.41) is 2.80. The number of carbonyl (C=O) groups excluding carboxylic acids is 1. The minimum atomic E-state index is -3.96. The van der Waals surface area contributed by atoms with E-state index >= 15 is 0 Å². The van der Waals surface area contributed by atoms with Gasteiger partial charge in [-0.25, -0.2) is 8.42 Å². The van der Waals surface area contributed by atoms with Crippen LogP contribution in [0, 0.1) is 20.8 Å². The van der Waals surface area contributed by atoms with E-state index in [2.05, 4.69) is 5.32 Å². The summed E-state index contributed by atoms with van der Waals surface area (Å²) >= 11 is 0. The average Bonchev–Trinajstić information content (AvgIpc) is 2.87. The molecule has 0 fully saturated rings.